The van der Waals surface area contributed by atoms with Gasteiger partial charge >= 0.3 is 0 Å². The van der Waals surface area contributed by atoms with Crippen LogP contribution in [-0.2, 0) is 4.74 Å². The number of rotatable bonds is 0. The second kappa shape index (κ2) is 1.82. The number of ether oxygens (including phenoxy) is 1. The van der Waals surface area contributed by atoms with Crippen LogP contribution in [-0.4, -0.2) is 24.4 Å². The zero-order chi connectivity index (χ0) is 6.27. The highest BCUT2D eigenvalue weighted by Gasteiger charge is 2.29. The maximum atomic E-state index is 9.10. The van der Waals surface area contributed by atoms with Gasteiger partial charge in [-0.3, -0.25) is 0 Å². The molecule has 1 N–H and O–H groups in total. The fourth-order valence-electron chi connectivity index (χ4n) is 1.55. The summed E-state index contributed by atoms with van der Waals surface area (Å²) in [6.45, 7) is 1.57. The predicted molar refractivity (Wildman–Crippen MR) is 33.0 cm³/mol. The van der Waals surface area contributed by atoms with Gasteiger partial charge in [-0.25, -0.2) is 0 Å². The highest BCUT2D eigenvalue weighted by atomic mass is 16.5. The van der Waals surface area contributed by atoms with E-state index in [1.165, 1.54) is 5.57 Å². The van der Waals surface area contributed by atoms with Gasteiger partial charge in [-0.2, -0.15) is 0 Å². The molecule has 2 nitrogen and oxygen atoms in total. The topological polar surface area (TPSA) is 29.5 Å². The molecule has 2 rings (SSSR count). The maximum Gasteiger partial charge on any atom is 0.0731 e. The van der Waals surface area contributed by atoms with Crippen LogP contribution in [0.3, 0.4) is 0 Å². The molecule has 9 heavy (non-hydrogen) atoms. The number of aliphatic hydroxyl groups is 1. The lowest BCUT2D eigenvalue weighted by Crippen LogP contribution is -2.03. The molecule has 1 fully saturated rings. The number of fused-ring (bicyclic) bond motifs is 1. The Morgan fingerprint density at radius 1 is 1.67 bits per heavy atom. The van der Waals surface area contributed by atoms with Crippen LogP contribution in [0.2, 0.25) is 0 Å². The molecular weight excluding hydrogens is 116 g/mol. The Morgan fingerprint density at radius 2 is 2.56 bits per heavy atom. The van der Waals surface area contributed by atoms with Crippen molar-refractivity contribution in [3.05, 3.63) is 11.6 Å². The van der Waals surface area contributed by atoms with E-state index in [1.54, 1.807) is 0 Å². The third kappa shape index (κ3) is 0.787. The van der Waals surface area contributed by atoms with Crippen LogP contribution < -0.4 is 0 Å². The first-order valence-corrected chi connectivity index (χ1v) is 3.32. The molecule has 1 heterocycles. The summed E-state index contributed by atoms with van der Waals surface area (Å²) in [7, 11) is 0. The van der Waals surface area contributed by atoms with Crippen molar-refractivity contribution in [2.24, 2.45) is 5.92 Å². The zero-order valence-electron chi connectivity index (χ0n) is 5.21. The number of hydrogen-bond acceptors (Lipinski definition) is 2. The molecular formula is C7H10O2. The molecule has 0 saturated carbocycles. The molecule has 2 atom stereocenters. The van der Waals surface area contributed by atoms with Crippen molar-refractivity contribution in [3.8, 4) is 0 Å². The van der Waals surface area contributed by atoms with Crippen LogP contribution >= 0.6 is 0 Å². The predicted octanol–water partition coefficient (Wildman–Crippen LogP) is 0.324. The van der Waals surface area contributed by atoms with Crippen molar-refractivity contribution in [2.45, 2.75) is 12.5 Å². The molecule has 50 valence electrons. The molecule has 0 spiro atoms. The maximum absolute atomic E-state index is 9.10. The van der Waals surface area contributed by atoms with Crippen molar-refractivity contribution in [3.63, 3.8) is 0 Å². The molecule has 2 unspecified atom stereocenters. The van der Waals surface area contributed by atoms with Crippen molar-refractivity contribution in [1.82, 2.24) is 0 Å². The molecule has 1 aliphatic heterocycles. The van der Waals surface area contributed by atoms with Gasteiger partial charge < -0.3 is 9.84 Å². The molecule has 2 heteroatoms. The first kappa shape index (κ1) is 5.45. The van der Waals surface area contributed by atoms with Gasteiger partial charge in [0.25, 0.3) is 0 Å². The van der Waals surface area contributed by atoms with E-state index in [0.29, 0.717) is 5.92 Å². The Bertz CT molecular complexity index is 151. The fourth-order valence-corrected chi connectivity index (χ4v) is 1.55. The Hall–Kier alpha value is -0.340. The largest absolute Gasteiger partial charge is 0.389 e. The quantitative estimate of drug-likeness (QED) is 0.474. The Labute approximate surface area is 54.1 Å². The van der Waals surface area contributed by atoms with E-state index in [9.17, 15) is 0 Å². The van der Waals surface area contributed by atoms with Gasteiger partial charge in [0, 0.05) is 5.92 Å². The van der Waals surface area contributed by atoms with Gasteiger partial charge in [0.1, 0.15) is 0 Å². The smallest absolute Gasteiger partial charge is 0.0731 e. The Kier molecular flexibility index (Phi) is 1.10. The lowest BCUT2D eigenvalue weighted by atomic mass is 10.1. The van der Waals surface area contributed by atoms with Gasteiger partial charge in [0.2, 0.25) is 0 Å². The van der Waals surface area contributed by atoms with Gasteiger partial charge in [-0.1, -0.05) is 6.08 Å². The first-order chi connectivity index (χ1) is 4.36. The van der Waals surface area contributed by atoms with E-state index in [2.05, 4.69) is 0 Å². The van der Waals surface area contributed by atoms with Crippen LogP contribution in [0.25, 0.3) is 0 Å². The first-order valence-electron chi connectivity index (χ1n) is 3.32. The van der Waals surface area contributed by atoms with E-state index in [0.717, 1.165) is 19.6 Å². The minimum atomic E-state index is -0.186. The minimum absolute atomic E-state index is 0.186. The summed E-state index contributed by atoms with van der Waals surface area (Å²) in [6.07, 6.45) is 2.63. The Balaban J connectivity index is 2.18. The highest BCUT2D eigenvalue weighted by molar-refractivity contribution is 5.19. The molecule has 0 aromatic rings. The standard InChI is InChI=1S/C7H10O2/c8-7-1-5-3-9-4-6(5)2-7/h1,6-8H,2-4H2. The summed E-state index contributed by atoms with van der Waals surface area (Å²) < 4.78 is 5.18. The number of hydrogen-bond donors (Lipinski definition) is 1. The van der Waals surface area contributed by atoms with Crippen molar-refractivity contribution in [1.29, 1.82) is 0 Å². The van der Waals surface area contributed by atoms with Crippen LogP contribution in [0.5, 0.6) is 0 Å². The lowest BCUT2D eigenvalue weighted by Gasteiger charge is -2.00. The molecule has 1 saturated heterocycles. The van der Waals surface area contributed by atoms with Crippen LogP contribution in [0, 0.1) is 5.92 Å². The summed E-state index contributed by atoms with van der Waals surface area (Å²) in [5.41, 5.74) is 1.31. The second-order valence-corrected chi connectivity index (χ2v) is 2.76. The van der Waals surface area contributed by atoms with Crippen LogP contribution in [0.1, 0.15) is 6.42 Å². The van der Waals surface area contributed by atoms with Crippen LogP contribution in [0.15, 0.2) is 11.6 Å². The van der Waals surface area contributed by atoms with E-state index < -0.39 is 0 Å². The average Bonchev–Trinajstić information content (AvgIpc) is 2.22. The minimum Gasteiger partial charge on any atom is -0.389 e. The molecule has 0 aromatic carbocycles. The third-order valence-corrected chi connectivity index (χ3v) is 2.04. The summed E-state index contributed by atoms with van der Waals surface area (Å²) in [5, 5.41) is 9.10. The van der Waals surface area contributed by atoms with Crippen molar-refractivity contribution >= 4 is 0 Å². The molecule has 0 radical (unpaired) electrons. The highest BCUT2D eigenvalue weighted by Crippen LogP contribution is 2.30. The van der Waals surface area contributed by atoms with Gasteiger partial charge in [-0.05, 0) is 12.0 Å². The monoisotopic (exact) mass is 126 g/mol. The second-order valence-electron chi connectivity index (χ2n) is 2.76. The molecule has 0 bridgehead atoms. The molecule has 1 aliphatic carbocycles. The van der Waals surface area contributed by atoms with Gasteiger partial charge in [-0.15, -0.1) is 0 Å². The fraction of sp³-hybridized carbons (Fsp3) is 0.714. The third-order valence-electron chi connectivity index (χ3n) is 2.04. The SMILES string of the molecule is OC1C=C2COCC2C1. The summed E-state index contributed by atoms with van der Waals surface area (Å²) in [6, 6.07) is 0. The average molecular weight is 126 g/mol. The molecule has 2 aliphatic rings. The summed E-state index contributed by atoms with van der Waals surface area (Å²) in [5.74, 6) is 0.542. The van der Waals surface area contributed by atoms with Crippen molar-refractivity contribution in [2.75, 3.05) is 13.2 Å². The Morgan fingerprint density at radius 3 is 3.33 bits per heavy atom. The molecule has 0 aromatic heterocycles. The van der Waals surface area contributed by atoms with E-state index in [-0.39, 0.29) is 6.10 Å². The lowest BCUT2D eigenvalue weighted by molar-refractivity contribution is 0.156. The molecule has 0 amide bonds. The van der Waals surface area contributed by atoms with E-state index >= 15 is 0 Å². The van der Waals surface area contributed by atoms with E-state index in [4.69, 9.17) is 9.84 Å². The zero-order valence-corrected chi connectivity index (χ0v) is 5.21. The summed E-state index contributed by atoms with van der Waals surface area (Å²) in [4.78, 5) is 0. The van der Waals surface area contributed by atoms with E-state index in [1.807, 2.05) is 6.08 Å². The normalized spacial score (nSPS) is 40.8. The van der Waals surface area contributed by atoms with Gasteiger partial charge in [0.05, 0.1) is 19.3 Å². The summed E-state index contributed by atoms with van der Waals surface area (Å²) >= 11 is 0. The van der Waals surface area contributed by atoms with Gasteiger partial charge in [0.15, 0.2) is 0 Å². The number of aliphatic hydroxyl groups excluding tert-OH is 1. The van der Waals surface area contributed by atoms with Crippen LogP contribution in [0.4, 0.5) is 0 Å². The van der Waals surface area contributed by atoms with Crippen molar-refractivity contribution < 1.29 is 9.84 Å².